The van der Waals surface area contributed by atoms with Crippen molar-refractivity contribution in [3.63, 3.8) is 0 Å². The van der Waals surface area contributed by atoms with Crippen LogP contribution in [-0.2, 0) is 29.1 Å². The molecule has 3 aliphatic rings. The number of rotatable bonds is 5. The lowest BCUT2D eigenvalue weighted by Gasteiger charge is -2.15. The minimum atomic E-state index is -0.216. The average Bonchev–Trinajstić information content (AvgIpc) is 2.91. The monoisotopic (exact) mass is 303 g/mol. The molecule has 0 aromatic carbocycles. The molecule has 1 N–H and O–H groups in total. The van der Waals surface area contributed by atoms with E-state index in [-0.39, 0.29) is 17.7 Å². The van der Waals surface area contributed by atoms with Crippen molar-refractivity contribution in [1.29, 1.82) is 0 Å². The first kappa shape index (κ1) is 13.7. The van der Waals surface area contributed by atoms with E-state index in [1.54, 1.807) is 0 Å². The maximum atomic E-state index is 12.3. The first-order chi connectivity index (χ1) is 10.7. The summed E-state index contributed by atoms with van der Waals surface area (Å²) in [5.41, 5.74) is 0. The summed E-state index contributed by atoms with van der Waals surface area (Å²) in [6, 6.07) is 0. The van der Waals surface area contributed by atoms with Crippen LogP contribution in [0.15, 0.2) is 0 Å². The van der Waals surface area contributed by atoms with Gasteiger partial charge in [-0.1, -0.05) is 0 Å². The molecule has 3 heterocycles. The number of carbonyl (C=O) groups excluding carboxylic acids is 2. The third kappa shape index (κ3) is 2.60. The maximum Gasteiger partial charge on any atom is 0.225 e. The zero-order valence-electron chi connectivity index (χ0n) is 12.6. The van der Waals surface area contributed by atoms with Gasteiger partial charge in [0.1, 0.15) is 5.82 Å². The summed E-state index contributed by atoms with van der Waals surface area (Å²) < 4.78 is 2.08. The zero-order valence-corrected chi connectivity index (χ0v) is 12.6. The molecule has 7 nitrogen and oxygen atoms in total. The van der Waals surface area contributed by atoms with Crippen molar-refractivity contribution in [2.24, 2.45) is 11.8 Å². The lowest BCUT2D eigenvalue weighted by Crippen LogP contribution is -2.33. The molecule has 2 amide bonds. The van der Waals surface area contributed by atoms with Crippen LogP contribution in [0, 0.1) is 11.8 Å². The molecule has 7 heteroatoms. The molecule has 1 aromatic rings. The third-order valence-corrected chi connectivity index (χ3v) is 4.87. The second-order valence-electron chi connectivity index (χ2n) is 6.65. The molecule has 1 saturated heterocycles. The number of likely N-dealkylation sites (tertiary alicyclic amines) is 1. The molecule has 118 valence electrons. The number of amides is 2. The van der Waals surface area contributed by atoms with Crippen molar-refractivity contribution < 1.29 is 9.59 Å². The molecular weight excluding hydrogens is 282 g/mol. The molecule has 1 atom stereocenters. The summed E-state index contributed by atoms with van der Waals surface area (Å²) in [5.74, 6) is 2.37. The molecule has 0 radical (unpaired) electrons. The van der Waals surface area contributed by atoms with E-state index in [2.05, 4.69) is 20.1 Å². The summed E-state index contributed by atoms with van der Waals surface area (Å²) in [6.07, 6.45) is 4.85. The Labute approximate surface area is 129 Å². The van der Waals surface area contributed by atoms with E-state index in [0.717, 1.165) is 37.6 Å². The quantitative estimate of drug-likeness (QED) is 0.836. The number of aromatic nitrogens is 3. The van der Waals surface area contributed by atoms with Gasteiger partial charge in [-0.2, -0.15) is 0 Å². The van der Waals surface area contributed by atoms with Gasteiger partial charge in [0.2, 0.25) is 11.8 Å². The number of carbonyl (C=O) groups is 2. The topological polar surface area (TPSA) is 80.1 Å². The fourth-order valence-electron chi connectivity index (χ4n) is 3.39. The molecule has 0 unspecified atom stereocenters. The highest BCUT2D eigenvalue weighted by atomic mass is 16.2. The van der Waals surface area contributed by atoms with Gasteiger partial charge in [0.25, 0.3) is 0 Å². The predicted molar refractivity (Wildman–Crippen MR) is 77.6 cm³/mol. The number of fused-ring (bicyclic) bond motifs is 1. The van der Waals surface area contributed by atoms with Crippen molar-refractivity contribution >= 4 is 11.8 Å². The molecule has 22 heavy (non-hydrogen) atoms. The smallest absolute Gasteiger partial charge is 0.225 e. The number of hydrogen-bond acceptors (Lipinski definition) is 4. The maximum absolute atomic E-state index is 12.3. The van der Waals surface area contributed by atoms with Crippen LogP contribution in [0.4, 0.5) is 0 Å². The van der Waals surface area contributed by atoms with Crippen LogP contribution in [-0.4, -0.2) is 44.6 Å². The Bertz CT molecular complexity index is 607. The van der Waals surface area contributed by atoms with Gasteiger partial charge in [-0.05, 0) is 25.2 Å². The summed E-state index contributed by atoms with van der Waals surface area (Å²) in [7, 11) is 0. The molecule has 4 rings (SSSR count). The molecular formula is C15H21N5O2. The number of aryl methyl sites for hydroxylation is 1. The van der Waals surface area contributed by atoms with Gasteiger partial charge in [0, 0.05) is 32.5 Å². The van der Waals surface area contributed by atoms with Gasteiger partial charge in [-0.15, -0.1) is 10.2 Å². The van der Waals surface area contributed by atoms with E-state index in [4.69, 9.17) is 0 Å². The highest BCUT2D eigenvalue weighted by Crippen LogP contribution is 2.32. The normalized spacial score (nSPS) is 23.9. The van der Waals surface area contributed by atoms with Crippen molar-refractivity contribution in [3.05, 3.63) is 11.6 Å². The lowest BCUT2D eigenvalue weighted by atomic mass is 10.1. The van der Waals surface area contributed by atoms with Gasteiger partial charge >= 0.3 is 0 Å². The predicted octanol–water partition coefficient (Wildman–Crippen LogP) is 0.0990. The molecule has 1 saturated carbocycles. The molecule has 0 bridgehead atoms. The third-order valence-electron chi connectivity index (χ3n) is 4.87. The Hall–Kier alpha value is -1.92. The van der Waals surface area contributed by atoms with E-state index >= 15 is 0 Å². The van der Waals surface area contributed by atoms with Gasteiger partial charge in [-0.25, -0.2) is 0 Å². The highest BCUT2D eigenvalue weighted by molar-refractivity contribution is 5.89. The van der Waals surface area contributed by atoms with Gasteiger partial charge < -0.3 is 14.8 Å². The van der Waals surface area contributed by atoms with Crippen LogP contribution in [0.5, 0.6) is 0 Å². The number of hydrogen-bond donors (Lipinski definition) is 1. The van der Waals surface area contributed by atoms with Crippen LogP contribution < -0.4 is 5.32 Å². The second-order valence-corrected chi connectivity index (χ2v) is 6.65. The van der Waals surface area contributed by atoms with Crippen LogP contribution >= 0.6 is 0 Å². The minimum absolute atomic E-state index is 0.0398. The Morgan fingerprint density at radius 1 is 1.32 bits per heavy atom. The van der Waals surface area contributed by atoms with Crippen molar-refractivity contribution in [2.45, 2.75) is 45.2 Å². The summed E-state index contributed by atoms with van der Waals surface area (Å²) in [5, 5.41) is 11.2. The Kier molecular flexibility index (Phi) is 3.35. The SMILES string of the molecule is O=C(NCc1nnc2n1CCC2)[C@H]1CC(=O)N(CC2CC2)C1. The standard InChI is InChI=1S/C15H21N5O2/c21-14-6-11(9-19(14)8-10-3-4-10)15(22)16-7-13-18-17-12-2-1-5-20(12)13/h10-11H,1-9H2,(H,16,22)/t11-/m0/s1. The first-order valence-electron chi connectivity index (χ1n) is 8.17. The van der Waals surface area contributed by atoms with Crippen LogP contribution in [0.3, 0.4) is 0 Å². The zero-order chi connectivity index (χ0) is 15.1. The molecule has 2 aliphatic heterocycles. The molecule has 1 aliphatic carbocycles. The van der Waals surface area contributed by atoms with Crippen molar-refractivity contribution in [3.8, 4) is 0 Å². The first-order valence-corrected chi connectivity index (χ1v) is 8.17. The lowest BCUT2D eigenvalue weighted by molar-refractivity contribution is -0.129. The van der Waals surface area contributed by atoms with E-state index in [9.17, 15) is 9.59 Å². The van der Waals surface area contributed by atoms with E-state index in [0.29, 0.717) is 25.4 Å². The molecule has 0 spiro atoms. The van der Waals surface area contributed by atoms with E-state index in [1.807, 2.05) is 4.90 Å². The minimum Gasteiger partial charge on any atom is -0.348 e. The van der Waals surface area contributed by atoms with E-state index < -0.39 is 0 Å². The highest BCUT2D eigenvalue weighted by Gasteiger charge is 2.37. The van der Waals surface area contributed by atoms with Crippen molar-refractivity contribution in [2.75, 3.05) is 13.1 Å². The van der Waals surface area contributed by atoms with Gasteiger partial charge in [-0.3, -0.25) is 9.59 Å². The fourth-order valence-corrected chi connectivity index (χ4v) is 3.39. The number of nitrogens with one attached hydrogen (secondary N) is 1. The Balaban J connectivity index is 1.31. The fraction of sp³-hybridized carbons (Fsp3) is 0.733. The van der Waals surface area contributed by atoms with Crippen LogP contribution in [0.2, 0.25) is 0 Å². The second kappa shape index (κ2) is 5.37. The Morgan fingerprint density at radius 2 is 2.18 bits per heavy atom. The van der Waals surface area contributed by atoms with Crippen LogP contribution in [0.1, 0.15) is 37.3 Å². The summed E-state index contributed by atoms with van der Waals surface area (Å²) >= 11 is 0. The average molecular weight is 303 g/mol. The van der Waals surface area contributed by atoms with Crippen molar-refractivity contribution in [1.82, 2.24) is 25.0 Å². The Morgan fingerprint density at radius 3 is 3.00 bits per heavy atom. The van der Waals surface area contributed by atoms with Gasteiger partial charge in [0.15, 0.2) is 5.82 Å². The summed E-state index contributed by atoms with van der Waals surface area (Å²) in [4.78, 5) is 26.1. The van der Waals surface area contributed by atoms with Crippen LogP contribution in [0.25, 0.3) is 0 Å². The van der Waals surface area contributed by atoms with Gasteiger partial charge in [0.05, 0.1) is 12.5 Å². The summed E-state index contributed by atoms with van der Waals surface area (Å²) in [6.45, 7) is 2.74. The number of nitrogens with zero attached hydrogens (tertiary/aromatic N) is 4. The molecule has 2 fully saturated rings. The molecule has 1 aromatic heterocycles. The largest absolute Gasteiger partial charge is 0.348 e. The van der Waals surface area contributed by atoms with E-state index in [1.165, 1.54) is 12.8 Å².